The van der Waals surface area contributed by atoms with E-state index in [9.17, 15) is 4.79 Å². The molecule has 1 aliphatic carbocycles. The SMILES string of the molecule is CC(C)(C)OC(=O)C1CCC(N=C(N)Nc2ccccn2)CC1.I. The molecule has 0 saturated heterocycles. The van der Waals surface area contributed by atoms with Gasteiger partial charge in [0.1, 0.15) is 11.4 Å². The molecule has 24 heavy (non-hydrogen) atoms. The van der Waals surface area contributed by atoms with Crippen molar-refractivity contribution in [1.82, 2.24) is 4.98 Å². The number of halogens is 1. The summed E-state index contributed by atoms with van der Waals surface area (Å²) in [6.07, 6.45) is 4.96. The van der Waals surface area contributed by atoms with E-state index in [1.807, 2.05) is 39.0 Å². The van der Waals surface area contributed by atoms with Crippen LogP contribution < -0.4 is 11.1 Å². The minimum atomic E-state index is -0.427. The molecular weight excluding hydrogens is 419 g/mol. The Morgan fingerprint density at radius 1 is 1.29 bits per heavy atom. The number of hydrogen-bond donors (Lipinski definition) is 2. The lowest BCUT2D eigenvalue weighted by molar-refractivity contribution is -0.161. The second-order valence-corrected chi connectivity index (χ2v) is 6.89. The van der Waals surface area contributed by atoms with E-state index < -0.39 is 5.60 Å². The fraction of sp³-hybridized carbons (Fsp3) is 0.588. The number of anilines is 1. The highest BCUT2D eigenvalue weighted by Crippen LogP contribution is 2.28. The summed E-state index contributed by atoms with van der Waals surface area (Å²) in [7, 11) is 0. The summed E-state index contributed by atoms with van der Waals surface area (Å²) in [5.41, 5.74) is 5.49. The number of esters is 1. The molecule has 6 nitrogen and oxygen atoms in total. The van der Waals surface area contributed by atoms with Gasteiger partial charge >= 0.3 is 5.97 Å². The van der Waals surface area contributed by atoms with Gasteiger partial charge in [0.05, 0.1) is 12.0 Å². The van der Waals surface area contributed by atoms with E-state index in [1.165, 1.54) is 0 Å². The van der Waals surface area contributed by atoms with Crippen LogP contribution in [0.25, 0.3) is 0 Å². The largest absolute Gasteiger partial charge is 0.460 e. The van der Waals surface area contributed by atoms with Gasteiger partial charge in [0.15, 0.2) is 5.96 Å². The van der Waals surface area contributed by atoms with Crippen molar-refractivity contribution in [2.45, 2.75) is 58.1 Å². The molecule has 1 saturated carbocycles. The molecule has 0 aromatic carbocycles. The molecule has 2 rings (SSSR count). The van der Waals surface area contributed by atoms with Crippen LogP contribution in [0.15, 0.2) is 29.4 Å². The Labute approximate surface area is 160 Å². The van der Waals surface area contributed by atoms with Crippen molar-refractivity contribution in [2.24, 2.45) is 16.6 Å². The van der Waals surface area contributed by atoms with Gasteiger partial charge < -0.3 is 15.8 Å². The van der Waals surface area contributed by atoms with E-state index in [2.05, 4.69) is 15.3 Å². The number of pyridine rings is 1. The van der Waals surface area contributed by atoms with Gasteiger partial charge in [0.2, 0.25) is 0 Å². The number of carbonyl (C=O) groups is 1. The lowest BCUT2D eigenvalue weighted by Crippen LogP contribution is -2.32. The van der Waals surface area contributed by atoms with Crippen LogP contribution in [0.2, 0.25) is 0 Å². The Morgan fingerprint density at radius 2 is 1.96 bits per heavy atom. The Hall–Kier alpha value is -1.38. The number of hydrogen-bond acceptors (Lipinski definition) is 4. The van der Waals surface area contributed by atoms with Crippen LogP contribution in [0, 0.1) is 5.92 Å². The molecule has 1 heterocycles. The topological polar surface area (TPSA) is 89.6 Å². The highest BCUT2D eigenvalue weighted by molar-refractivity contribution is 14.0. The number of aliphatic imine (C=N–C) groups is 1. The average molecular weight is 446 g/mol. The van der Waals surface area contributed by atoms with Gasteiger partial charge in [-0.25, -0.2) is 9.98 Å². The third-order valence-corrected chi connectivity index (χ3v) is 3.68. The number of nitrogens with two attached hydrogens (primary N) is 1. The third kappa shape index (κ3) is 7.02. The highest BCUT2D eigenvalue weighted by Gasteiger charge is 2.29. The number of guanidine groups is 1. The smallest absolute Gasteiger partial charge is 0.309 e. The fourth-order valence-corrected chi connectivity index (χ4v) is 2.62. The van der Waals surface area contributed by atoms with Gasteiger partial charge in [0.25, 0.3) is 0 Å². The molecule has 0 aliphatic heterocycles. The van der Waals surface area contributed by atoms with Crippen molar-refractivity contribution < 1.29 is 9.53 Å². The van der Waals surface area contributed by atoms with Crippen LogP contribution >= 0.6 is 24.0 Å². The van der Waals surface area contributed by atoms with Crippen LogP contribution in [0.1, 0.15) is 46.5 Å². The molecule has 7 heteroatoms. The molecule has 1 fully saturated rings. The maximum Gasteiger partial charge on any atom is 0.309 e. The van der Waals surface area contributed by atoms with Gasteiger partial charge in [-0.15, -0.1) is 24.0 Å². The van der Waals surface area contributed by atoms with Crippen LogP contribution in [-0.4, -0.2) is 28.6 Å². The summed E-state index contributed by atoms with van der Waals surface area (Å²) >= 11 is 0. The second kappa shape index (κ2) is 9.19. The van der Waals surface area contributed by atoms with Crippen LogP contribution in [0.4, 0.5) is 5.82 Å². The maximum absolute atomic E-state index is 12.1. The summed E-state index contributed by atoms with van der Waals surface area (Å²) in [6.45, 7) is 5.68. The zero-order chi connectivity index (χ0) is 16.9. The van der Waals surface area contributed by atoms with Crippen LogP contribution in [0.5, 0.6) is 0 Å². The molecular formula is C17H27IN4O2. The number of aromatic nitrogens is 1. The molecule has 3 N–H and O–H groups in total. The van der Waals surface area contributed by atoms with Gasteiger partial charge in [0, 0.05) is 6.20 Å². The van der Waals surface area contributed by atoms with Gasteiger partial charge in [-0.05, 0) is 58.6 Å². The minimum absolute atomic E-state index is 0. The summed E-state index contributed by atoms with van der Waals surface area (Å²) in [6, 6.07) is 5.71. The zero-order valence-electron chi connectivity index (χ0n) is 14.5. The Balaban J connectivity index is 0.00000288. The first-order valence-electron chi connectivity index (χ1n) is 8.08. The van der Waals surface area contributed by atoms with Crippen molar-refractivity contribution in [3.63, 3.8) is 0 Å². The molecule has 0 atom stereocenters. The average Bonchev–Trinajstić information content (AvgIpc) is 2.47. The Kier molecular flexibility index (Phi) is 7.92. The van der Waals surface area contributed by atoms with E-state index in [0.717, 1.165) is 25.7 Å². The number of nitrogens with zero attached hydrogens (tertiary/aromatic N) is 2. The molecule has 134 valence electrons. The Bertz CT molecular complexity index is 549. The lowest BCUT2D eigenvalue weighted by atomic mass is 9.86. The van der Waals surface area contributed by atoms with E-state index in [0.29, 0.717) is 11.8 Å². The quantitative estimate of drug-likeness (QED) is 0.322. The molecule has 1 aliphatic rings. The first-order valence-corrected chi connectivity index (χ1v) is 8.08. The van der Waals surface area contributed by atoms with E-state index >= 15 is 0 Å². The molecule has 0 spiro atoms. The summed E-state index contributed by atoms with van der Waals surface area (Å²) in [5.74, 6) is 0.922. The fourth-order valence-electron chi connectivity index (χ4n) is 2.62. The number of ether oxygens (including phenoxy) is 1. The molecule has 0 amide bonds. The van der Waals surface area contributed by atoms with Crippen molar-refractivity contribution in [3.05, 3.63) is 24.4 Å². The zero-order valence-corrected chi connectivity index (χ0v) is 16.8. The van der Waals surface area contributed by atoms with Gasteiger partial charge in [-0.2, -0.15) is 0 Å². The van der Waals surface area contributed by atoms with Crippen molar-refractivity contribution in [2.75, 3.05) is 5.32 Å². The van der Waals surface area contributed by atoms with E-state index in [4.69, 9.17) is 10.5 Å². The number of carbonyl (C=O) groups excluding carboxylic acids is 1. The second-order valence-electron chi connectivity index (χ2n) is 6.89. The first kappa shape index (κ1) is 20.7. The predicted molar refractivity (Wildman–Crippen MR) is 106 cm³/mol. The maximum atomic E-state index is 12.1. The molecule has 0 radical (unpaired) electrons. The lowest BCUT2D eigenvalue weighted by Gasteiger charge is -2.28. The summed E-state index contributed by atoms with van der Waals surface area (Å²) in [4.78, 5) is 20.7. The predicted octanol–water partition coefficient (Wildman–Crippen LogP) is 3.33. The Morgan fingerprint density at radius 3 is 2.50 bits per heavy atom. The van der Waals surface area contributed by atoms with Crippen molar-refractivity contribution in [1.29, 1.82) is 0 Å². The first-order chi connectivity index (χ1) is 10.8. The van der Waals surface area contributed by atoms with Gasteiger partial charge in [-0.3, -0.25) is 4.79 Å². The minimum Gasteiger partial charge on any atom is -0.460 e. The number of rotatable bonds is 3. The molecule has 0 bridgehead atoms. The molecule has 1 aromatic rings. The molecule has 0 unspecified atom stereocenters. The van der Waals surface area contributed by atoms with Crippen LogP contribution in [-0.2, 0) is 9.53 Å². The summed E-state index contributed by atoms with van der Waals surface area (Å²) < 4.78 is 5.45. The van der Waals surface area contributed by atoms with Crippen molar-refractivity contribution >= 4 is 41.7 Å². The van der Waals surface area contributed by atoms with E-state index in [-0.39, 0.29) is 41.9 Å². The number of nitrogens with one attached hydrogen (secondary N) is 1. The highest BCUT2D eigenvalue weighted by atomic mass is 127. The molecule has 1 aromatic heterocycles. The standard InChI is InChI=1S/C17H26N4O2.HI/c1-17(2,3)23-15(22)12-7-9-13(10-8-12)20-16(18)21-14-6-4-5-11-19-14;/h4-6,11-13H,7-10H2,1-3H3,(H3,18,19,20,21);1H. The van der Waals surface area contributed by atoms with E-state index in [1.54, 1.807) is 6.20 Å². The monoisotopic (exact) mass is 446 g/mol. The van der Waals surface area contributed by atoms with Gasteiger partial charge in [-0.1, -0.05) is 6.07 Å². The normalized spacial score (nSPS) is 21.5. The van der Waals surface area contributed by atoms with Crippen molar-refractivity contribution in [3.8, 4) is 0 Å². The summed E-state index contributed by atoms with van der Waals surface area (Å²) in [5, 5.41) is 2.98. The van der Waals surface area contributed by atoms with Crippen LogP contribution in [0.3, 0.4) is 0 Å². The third-order valence-electron chi connectivity index (χ3n) is 3.68.